The Labute approximate surface area is 120 Å². The van der Waals surface area contributed by atoms with E-state index < -0.39 is 0 Å². The molecular weight excluding hydrogens is 250 g/mol. The summed E-state index contributed by atoms with van der Waals surface area (Å²) in [4.78, 5) is 12.0. The van der Waals surface area contributed by atoms with E-state index in [1.807, 2.05) is 0 Å². The number of hydrogen-bond acceptors (Lipinski definition) is 2. The molecule has 1 atom stereocenters. The minimum absolute atomic E-state index is 0.102. The molecule has 1 amide bonds. The van der Waals surface area contributed by atoms with E-state index in [1.54, 1.807) is 0 Å². The summed E-state index contributed by atoms with van der Waals surface area (Å²) in [5, 5.41) is 3.17. The highest BCUT2D eigenvalue weighted by Crippen LogP contribution is 2.32. The lowest BCUT2D eigenvalue weighted by molar-refractivity contribution is -0.131. The van der Waals surface area contributed by atoms with Gasteiger partial charge in [-0.1, -0.05) is 30.3 Å². The zero-order valence-electron chi connectivity index (χ0n) is 11.9. The highest BCUT2D eigenvalue weighted by atomic mass is 16.5. The van der Waals surface area contributed by atoms with Crippen LogP contribution in [-0.4, -0.2) is 24.7 Å². The molecule has 0 spiro atoms. The maximum atomic E-state index is 12.0. The first-order valence-electron chi connectivity index (χ1n) is 7.80. The molecule has 1 saturated heterocycles. The first kappa shape index (κ1) is 13.6. The van der Waals surface area contributed by atoms with Crippen LogP contribution in [0.1, 0.15) is 50.0 Å². The molecule has 108 valence electrons. The summed E-state index contributed by atoms with van der Waals surface area (Å²) in [5.41, 5.74) is 1.44. The minimum Gasteiger partial charge on any atom is -0.368 e. The standard InChI is InChI=1S/C17H23NO2/c19-17(16-7-4-12-20-16)18-15-10-8-14(9-11-15)13-5-2-1-3-6-13/h1-3,5-6,14-16H,4,7-12H2,(H,18,19). The number of carbonyl (C=O) groups is 1. The Morgan fingerprint density at radius 3 is 2.45 bits per heavy atom. The van der Waals surface area contributed by atoms with Gasteiger partial charge in [-0.15, -0.1) is 0 Å². The van der Waals surface area contributed by atoms with Gasteiger partial charge in [-0.2, -0.15) is 0 Å². The topological polar surface area (TPSA) is 38.3 Å². The van der Waals surface area contributed by atoms with Crippen molar-refractivity contribution in [2.24, 2.45) is 0 Å². The number of hydrogen-bond donors (Lipinski definition) is 1. The number of amides is 1. The maximum Gasteiger partial charge on any atom is 0.249 e. The molecule has 2 aliphatic rings. The largest absolute Gasteiger partial charge is 0.368 e. The Morgan fingerprint density at radius 2 is 1.80 bits per heavy atom. The molecule has 1 heterocycles. The van der Waals surface area contributed by atoms with Gasteiger partial charge in [0.1, 0.15) is 6.10 Å². The van der Waals surface area contributed by atoms with Crippen molar-refractivity contribution >= 4 is 5.91 Å². The molecule has 1 unspecified atom stereocenters. The van der Waals surface area contributed by atoms with E-state index in [1.165, 1.54) is 18.4 Å². The highest BCUT2D eigenvalue weighted by Gasteiger charge is 2.28. The molecule has 3 nitrogen and oxygen atoms in total. The van der Waals surface area contributed by atoms with Crippen LogP contribution in [0.3, 0.4) is 0 Å². The summed E-state index contributed by atoms with van der Waals surface area (Å²) in [6.45, 7) is 0.735. The van der Waals surface area contributed by atoms with E-state index in [2.05, 4.69) is 35.6 Å². The molecule has 1 aromatic carbocycles. The van der Waals surface area contributed by atoms with Crippen molar-refractivity contribution in [1.29, 1.82) is 0 Å². The number of benzene rings is 1. The number of ether oxygens (including phenoxy) is 1. The van der Waals surface area contributed by atoms with E-state index in [-0.39, 0.29) is 12.0 Å². The van der Waals surface area contributed by atoms with Gasteiger partial charge in [-0.25, -0.2) is 0 Å². The second-order valence-electron chi connectivity index (χ2n) is 5.97. The molecular formula is C17H23NO2. The molecule has 1 N–H and O–H groups in total. The van der Waals surface area contributed by atoms with Crippen LogP contribution < -0.4 is 5.32 Å². The smallest absolute Gasteiger partial charge is 0.249 e. The Morgan fingerprint density at radius 1 is 1.05 bits per heavy atom. The van der Waals surface area contributed by atoms with E-state index in [4.69, 9.17) is 4.74 Å². The first-order chi connectivity index (χ1) is 9.83. The zero-order chi connectivity index (χ0) is 13.8. The molecule has 0 radical (unpaired) electrons. The molecule has 0 aromatic heterocycles. The van der Waals surface area contributed by atoms with E-state index >= 15 is 0 Å². The summed E-state index contributed by atoms with van der Waals surface area (Å²) >= 11 is 0. The Balaban J connectivity index is 1.47. The van der Waals surface area contributed by atoms with Crippen molar-refractivity contribution in [3.63, 3.8) is 0 Å². The van der Waals surface area contributed by atoms with Crippen LogP contribution in [0.4, 0.5) is 0 Å². The van der Waals surface area contributed by atoms with E-state index in [9.17, 15) is 4.79 Å². The van der Waals surface area contributed by atoms with Gasteiger partial charge in [-0.3, -0.25) is 4.79 Å². The molecule has 3 rings (SSSR count). The van der Waals surface area contributed by atoms with Crippen molar-refractivity contribution in [2.45, 2.75) is 56.6 Å². The lowest BCUT2D eigenvalue weighted by Gasteiger charge is -2.30. The second kappa shape index (κ2) is 6.40. The maximum absolute atomic E-state index is 12.0. The molecule has 1 aliphatic carbocycles. The van der Waals surface area contributed by atoms with Crippen LogP contribution in [-0.2, 0) is 9.53 Å². The summed E-state index contributed by atoms with van der Waals surface area (Å²) in [5.74, 6) is 0.762. The quantitative estimate of drug-likeness (QED) is 0.919. The number of nitrogens with one attached hydrogen (secondary N) is 1. The zero-order valence-corrected chi connectivity index (χ0v) is 11.9. The molecule has 1 aromatic rings. The predicted molar refractivity (Wildman–Crippen MR) is 78.6 cm³/mol. The van der Waals surface area contributed by atoms with Crippen LogP contribution in [0.25, 0.3) is 0 Å². The second-order valence-corrected chi connectivity index (χ2v) is 5.97. The normalized spacial score (nSPS) is 30.1. The highest BCUT2D eigenvalue weighted by molar-refractivity contribution is 5.81. The summed E-state index contributed by atoms with van der Waals surface area (Å²) in [6, 6.07) is 11.1. The van der Waals surface area contributed by atoms with Crippen molar-refractivity contribution in [1.82, 2.24) is 5.32 Å². The van der Waals surface area contributed by atoms with Crippen LogP contribution >= 0.6 is 0 Å². The van der Waals surface area contributed by atoms with E-state index in [0.29, 0.717) is 12.0 Å². The molecule has 1 saturated carbocycles. The van der Waals surface area contributed by atoms with Gasteiger partial charge in [0.25, 0.3) is 0 Å². The fraction of sp³-hybridized carbons (Fsp3) is 0.588. The van der Waals surface area contributed by atoms with Gasteiger partial charge in [0.05, 0.1) is 0 Å². The molecule has 1 aliphatic heterocycles. The Hall–Kier alpha value is -1.35. The van der Waals surface area contributed by atoms with Crippen molar-refractivity contribution in [2.75, 3.05) is 6.61 Å². The Kier molecular flexibility index (Phi) is 4.36. The lowest BCUT2D eigenvalue weighted by atomic mass is 9.82. The number of rotatable bonds is 3. The lowest BCUT2D eigenvalue weighted by Crippen LogP contribution is -2.42. The summed E-state index contributed by atoms with van der Waals surface area (Å²) < 4.78 is 5.43. The van der Waals surface area contributed by atoms with Crippen molar-refractivity contribution < 1.29 is 9.53 Å². The van der Waals surface area contributed by atoms with Crippen molar-refractivity contribution in [3.05, 3.63) is 35.9 Å². The third-order valence-electron chi connectivity index (χ3n) is 4.57. The van der Waals surface area contributed by atoms with Gasteiger partial charge in [0, 0.05) is 12.6 Å². The fourth-order valence-corrected chi connectivity index (χ4v) is 3.37. The third-order valence-corrected chi connectivity index (χ3v) is 4.57. The SMILES string of the molecule is O=C(NC1CCC(c2ccccc2)CC1)C1CCCO1. The van der Waals surface area contributed by atoms with Crippen LogP contribution in [0.15, 0.2) is 30.3 Å². The molecule has 2 fully saturated rings. The van der Waals surface area contributed by atoms with Crippen LogP contribution in [0.5, 0.6) is 0 Å². The number of carbonyl (C=O) groups excluding carboxylic acids is 1. The summed E-state index contributed by atoms with van der Waals surface area (Å²) in [7, 11) is 0. The third kappa shape index (κ3) is 3.21. The molecule has 0 bridgehead atoms. The molecule has 3 heteroatoms. The average molecular weight is 273 g/mol. The summed E-state index contributed by atoms with van der Waals surface area (Å²) in [6.07, 6.45) is 6.20. The van der Waals surface area contributed by atoms with Crippen LogP contribution in [0, 0.1) is 0 Å². The average Bonchev–Trinajstić information content (AvgIpc) is 3.03. The van der Waals surface area contributed by atoms with Gasteiger partial charge in [0.15, 0.2) is 0 Å². The Bertz CT molecular complexity index is 432. The minimum atomic E-state index is -0.193. The van der Waals surface area contributed by atoms with Gasteiger partial charge < -0.3 is 10.1 Å². The first-order valence-corrected chi connectivity index (χ1v) is 7.80. The van der Waals surface area contributed by atoms with Gasteiger partial charge in [-0.05, 0) is 50.0 Å². The predicted octanol–water partition coefficient (Wildman–Crippen LogP) is 3.01. The monoisotopic (exact) mass is 273 g/mol. The molecule has 20 heavy (non-hydrogen) atoms. The fourth-order valence-electron chi connectivity index (χ4n) is 3.37. The van der Waals surface area contributed by atoms with Crippen molar-refractivity contribution in [3.8, 4) is 0 Å². The van der Waals surface area contributed by atoms with Crippen LogP contribution in [0.2, 0.25) is 0 Å². The van der Waals surface area contributed by atoms with Gasteiger partial charge in [0.2, 0.25) is 5.91 Å². The van der Waals surface area contributed by atoms with Gasteiger partial charge >= 0.3 is 0 Å². The van der Waals surface area contributed by atoms with E-state index in [0.717, 1.165) is 32.3 Å².